The molecule has 3 heterocycles. The SMILES string of the molecule is C=CCOc1nc(NCCCCC2CC(C)(C)N(C)C(C)(C)C2)nc(NCCCCC2CC(C)(C)N(C)C(C)(C)C2)n1. The number of rotatable bonds is 15. The van der Waals surface area contributed by atoms with Crippen LogP contribution in [0.3, 0.4) is 0 Å². The highest BCUT2D eigenvalue weighted by molar-refractivity contribution is 5.35. The summed E-state index contributed by atoms with van der Waals surface area (Å²) < 4.78 is 5.68. The van der Waals surface area contributed by atoms with E-state index in [2.05, 4.69) is 111 Å². The molecule has 0 aliphatic carbocycles. The third-order valence-corrected chi connectivity index (χ3v) is 10.4. The number of hydrogen-bond donors (Lipinski definition) is 2. The van der Waals surface area contributed by atoms with Gasteiger partial charge in [0.1, 0.15) is 6.61 Å². The molecule has 2 N–H and O–H groups in total. The summed E-state index contributed by atoms with van der Waals surface area (Å²) in [5.41, 5.74) is 1.01. The topological polar surface area (TPSA) is 78.4 Å². The molecule has 0 bridgehead atoms. The number of hydrogen-bond acceptors (Lipinski definition) is 8. The predicted octanol–water partition coefficient (Wildman–Crippen LogP) is 7.40. The quantitative estimate of drug-likeness (QED) is 0.163. The molecule has 8 heteroatoms. The zero-order valence-corrected chi connectivity index (χ0v) is 28.8. The molecule has 8 nitrogen and oxygen atoms in total. The molecule has 0 radical (unpaired) electrons. The Balaban J connectivity index is 1.44. The van der Waals surface area contributed by atoms with E-state index in [-0.39, 0.29) is 22.2 Å². The number of ether oxygens (including phenoxy) is 1. The van der Waals surface area contributed by atoms with Crippen LogP contribution in [0.2, 0.25) is 0 Å². The Morgan fingerprint density at radius 1 is 0.690 bits per heavy atom. The first-order valence-electron chi connectivity index (χ1n) is 16.5. The van der Waals surface area contributed by atoms with Gasteiger partial charge < -0.3 is 15.4 Å². The second kappa shape index (κ2) is 14.2. The van der Waals surface area contributed by atoms with Crippen LogP contribution in [0.25, 0.3) is 0 Å². The number of likely N-dealkylation sites (tertiary alicyclic amines) is 2. The fourth-order valence-electron chi connectivity index (χ4n) is 7.79. The molecule has 2 saturated heterocycles. The third kappa shape index (κ3) is 9.54. The van der Waals surface area contributed by atoms with E-state index in [4.69, 9.17) is 4.74 Å². The Kier molecular flexibility index (Phi) is 11.7. The lowest BCUT2D eigenvalue weighted by molar-refractivity contribution is -0.0323. The van der Waals surface area contributed by atoms with Crippen LogP contribution in [0.5, 0.6) is 6.01 Å². The molecule has 0 spiro atoms. The summed E-state index contributed by atoms with van der Waals surface area (Å²) in [6.45, 7) is 24.9. The lowest BCUT2D eigenvalue weighted by atomic mass is 9.72. The van der Waals surface area contributed by atoms with Gasteiger partial charge in [0.2, 0.25) is 11.9 Å². The molecular formula is C34H63N7O. The molecule has 0 amide bonds. The van der Waals surface area contributed by atoms with Crippen LogP contribution in [0.15, 0.2) is 12.7 Å². The molecule has 2 fully saturated rings. The van der Waals surface area contributed by atoms with Crippen LogP contribution >= 0.6 is 0 Å². The van der Waals surface area contributed by atoms with Crippen molar-refractivity contribution in [2.45, 2.75) is 142 Å². The summed E-state index contributed by atoms with van der Waals surface area (Å²) >= 11 is 0. The van der Waals surface area contributed by atoms with Crippen molar-refractivity contribution >= 4 is 11.9 Å². The normalized spacial score (nSPS) is 22.5. The fraction of sp³-hybridized carbons (Fsp3) is 0.853. The van der Waals surface area contributed by atoms with Crippen molar-refractivity contribution in [1.82, 2.24) is 24.8 Å². The van der Waals surface area contributed by atoms with E-state index in [1.165, 1.54) is 51.4 Å². The molecule has 0 atom stereocenters. The minimum absolute atomic E-state index is 0.252. The Bertz CT molecular complexity index is 899. The molecule has 0 aromatic carbocycles. The number of nitrogens with zero attached hydrogens (tertiary/aromatic N) is 5. The van der Waals surface area contributed by atoms with Gasteiger partial charge in [-0.3, -0.25) is 9.80 Å². The number of anilines is 2. The molecule has 2 aliphatic rings. The largest absolute Gasteiger partial charge is 0.459 e. The predicted molar refractivity (Wildman–Crippen MR) is 177 cm³/mol. The maximum absolute atomic E-state index is 5.68. The second-order valence-electron chi connectivity index (χ2n) is 15.6. The Morgan fingerprint density at radius 3 is 1.43 bits per heavy atom. The molecule has 3 rings (SSSR count). The van der Waals surface area contributed by atoms with Crippen molar-refractivity contribution in [3.8, 4) is 6.01 Å². The molecule has 240 valence electrons. The van der Waals surface area contributed by atoms with Crippen molar-refractivity contribution in [3.05, 3.63) is 12.7 Å². The number of nitrogens with one attached hydrogen (secondary N) is 2. The molecule has 2 aliphatic heterocycles. The second-order valence-corrected chi connectivity index (χ2v) is 15.6. The Labute approximate surface area is 257 Å². The van der Waals surface area contributed by atoms with Crippen molar-refractivity contribution in [1.29, 1.82) is 0 Å². The maximum Gasteiger partial charge on any atom is 0.323 e. The Morgan fingerprint density at radius 2 is 1.07 bits per heavy atom. The summed E-state index contributed by atoms with van der Waals surface area (Å²) in [6, 6.07) is 0.335. The van der Waals surface area contributed by atoms with Gasteiger partial charge in [0.15, 0.2) is 0 Å². The van der Waals surface area contributed by atoms with Gasteiger partial charge in [0, 0.05) is 35.2 Å². The molecule has 1 aromatic heterocycles. The monoisotopic (exact) mass is 586 g/mol. The van der Waals surface area contributed by atoms with E-state index >= 15 is 0 Å². The summed E-state index contributed by atoms with van der Waals surface area (Å²) in [4.78, 5) is 18.8. The zero-order chi connectivity index (χ0) is 31.2. The van der Waals surface area contributed by atoms with Gasteiger partial charge >= 0.3 is 6.01 Å². The van der Waals surface area contributed by atoms with E-state index in [0.717, 1.165) is 37.8 Å². The van der Waals surface area contributed by atoms with Gasteiger partial charge in [-0.05, 0) is 120 Å². The smallest absolute Gasteiger partial charge is 0.323 e. The third-order valence-electron chi connectivity index (χ3n) is 10.4. The van der Waals surface area contributed by atoms with Gasteiger partial charge in [-0.25, -0.2) is 0 Å². The van der Waals surface area contributed by atoms with Crippen LogP contribution in [-0.4, -0.2) is 80.7 Å². The first-order valence-corrected chi connectivity index (χ1v) is 16.5. The van der Waals surface area contributed by atoms with Crippen molar-refractivity contribution < 1.29 is 4.74 Å². The molecule has 0 saturated carbocycles. The standard InChI is InChI=1S/C34H63N7O/c1-12-21-42-30-38-28(35-19-15-13-17-26-22-31(2,3)40(10)32(4,5)23-26)37-29(39-30)36-20-16-14-18-27-24-33(6,7)41(11)34(8,9)25-27/h12,26-27H,1,13-25H2,2-11H3,(H2,35,36,37,38,39). The van der Waals surface area contributed by atoms with E-state index in [9.17, 15) is 0 Å². The average Bonchev–Trinajstić information content (AvgIpc) is 2.88. The van der Waals surface area contributed by atoms with Gasteiger partial charge in [-0.15, -0.1) is 0 Å². The van der Waals surface area contributed by atoms with Crippen LogP contribution in [0.1, 0.15) is 120 Å². The maximum atomic E-state index is 5.68. The minimum atomic E-state index is 0.252. The van der Waals surface area contributed by atoms with Gasteiger partial charge in [-0.2, -0.15) is 15.0 Å². The fourth-order valence-corrected chi connectivity index (χ4v) is 7.79. The first kappa shape index (κ1) is 34.6. The zero-order valence-electron chi connectivity index (χ0n) is 28.8. The Hall–Kier alpha value is -1.93. The summed E-state index contributed by atoms with van der Waals surface area (Å²) in [5.74, 6) is 2.69. The van der Waals surface area contributed by atoms with Crippen molar-refractivity contribution in [2.75, 3.05) is 44.4 Å². The van der Waals surface area contributed by atoms with E-state index < -0.39 is 0 Å². The highest BCUT2D eigenvalue weighted by Crippen LogP contribution is 2.43. The van der Waals surface area contributed by atoms with E-state index in [1.54, 1.807) is 6.08 Å². The van der Waals surface area contributed by atoms with Crippen molar-refractivity contribution in [2.24, 2.45) is 11.8 Å². The summed E-state index contributed by atoms with van der Waals surface area (Å²) in [7, 11) is 4.56. The van der Waals surface area contributed by atoms with Crippen molar-refractivity contribution in [3.63, 3.8) is 0 Å². The highest BCUT2D eigenvalue weighted by Gasteiger charge is 2.43. The molecular weight excluding hydrogens is 522 g/mol. The molecule has 1 aromatic rings. The lowest BCUT2D eigenvalue weighted by Gasteiger charge is -2.54. The van der Waals surface area contributed by atoms with Gasteiger partial charge in [0.25, 0.3) is 0 Å². The van der Waals surface area contributed by atoms with Gasteiger partial charge in [0.05, 0.1) is 0 Å². The van der Waals surface area contributed by atoms with Crippen LogP contribution in [0, 0.1) is 11.8 Å². The van der Waals surface area contributed by atoms with Crippen LogP contribution < -0.4 is 15.4 Å². The van der Waals surface area contributed by atoms with E-state index in [1.807, 2.05) is 0 Å². The molecule has 0 unspecified atom stereocenters. The van der Waals surface area contributed by atoms with Crippen LogP contribution in [0.4, 0.5) is 11.9 Å². The first-order chi connectivity index (χ1) is 19.6. The minimum Gasteiger partial charge on any atom is -0.459 e. The number of piperidine rings is 2. The lowest BCUT2D eigenvalue weighted by Crippen LogP contribution is -2.58. The van der Waals surface area contributed by atoms with Crippen LogP contribution in [-0.2, 0) is 0 Å². The summed E-state index contributed by atoms with van der Waals surface area (Å²) in [6.07, 6.45) is 13.9. The summed E-state index contributed by atoms with van der Waals surface area (Å²) in [5, 5.41) is 6.84. The van der Waals surface area contributed by atoms with E-state index in [0.29, 0.717) is 24.5 Å². The van der Waals surface area contributed by atoms with Gasteiger partial charge in [-0.1, -0.05) is 38.3 Å². The molecule has 42 heavy (non-hydrogen) atoms. The number of aromatic nitrogens is 3. The number of unbranched alkanes of at least 4 members (excludes halogenated alkanes) is 2. The highest BCUT2D eigenvalue weighted by atomic mass is 16.5. The average molecular weight is 586 g/mol.